The molecule has 0 saturated heterocycles. The number of hydrogen-bond acceptors (Lipinski definition) is 4. The third-order valence-corrected chi connectivity index (χ3v) is 6.05. The Morgan fingerprint density at radius 3 is 2.46 bits per heavy atom. The molecule has 1 aromatic heterocycles. The van der Waals surface area contributed by atoms with Crippen molar-refractivity contribution in [2.24, 2.45) is 0 Å². The highest BCUT2D eigenvalue weighted by atomic mass is 16.5. The molecular formula is C29H33N3O3. The molecule has 4 rings (SSSR count). The van der Waals surface area contributed by atoms with Crippen molar-refractivity contribution >= 4 is 16.9 Å². The molecule has 1 N–H and O–H groups in total. The molecule has 0 aliphatic rings. The summed E-state index contributed by atoms with van der Waals surface area (Å²) >= 11 is 0. The van der Waals surface area contributed by atoms with Gasteiger partial charge in [-0.2, -0.15) is 0 Å². The van der Waals surface area contributed by atoms with Crippen LogP contribution in [0.3, 0.4) is 0 Å². The maximum Gasteiger partial charge on any atom is 0.251 e. The smallest absolute Gasteiger partial charge is 0.251 e. The number of ether oxygens (including phenoxy) is 2. The van der Waals surface area contributed by atoms with Crippen LogP contribution in [0, 0.1) is 0 Å². The van der Waals surface area contributed by atoms with Crippen molar-refractivity contribution in [3.8, 4) is 11.5 Å². The molecule has 6 heteroatoms. The van der Waals surface area contributed by atoms with Crippen LogP contribution in [0.1, 0.15) is 55.5 Å². The molecule has 1 heterocycles. The molecule has 35 heavy (non-hydrogen) atoms. The van der Waals surface area contributed by atoms with E-state index in [0.717, 1.165) is 22.6 Å². The van der Waals surface area contributed by atoms with Gasteiger partial charge >= 0.3 is 0 Å². The van der Waals surface area contributed by atoms with E-state index in [1.54, 1.807) is 25.3 Å². The largest absolute Gasteiger partial charge is 0.497 e. The molecule has 0 spiro atoms. The van der Waals surface area contributed by atoms with Gasteiger partial charge in [-0.3, -0.25) is 4.79 Å². The summed E-state index contributed by atoms with van der Waals surface area (Å²) in [5.41, 5.74) is 3.82. The van der Waals surface area contributed by atoms with Crippen molar-refractivity contribution in [2.75, 3.05) is 13.7 Å². The van der Waals surface area contributed by atoms with Crippen molar-refractivity contribution in [1.82, 2.24) is 14.9 Å². The lowest BCUT2D eigenvalue weighted by Gasteiger charge is -2.19. The molecule has 0 aliphatic carbocycles. The zero-order chi connectivity index (χ0) is 25.0. The molecule has 1 atom stereocenters. The minimum atomic E-state index is -0.299. The number of rotatable bonds is 8. The number of imidazole rings is 1. The second-order valence-corrected chi connectivity index (χ2v) is 9.66. The number of carbonyl (C=O) groups excluding carboxylic acids is 1. The van der Waals surface area contributed by atoms with Gasteiger partial charge in [0.15, 0.2) is 0 Å². The predicted octanol–water partition coefficient (Wildman–Crippen LogP) is 5.91. The van der Waals surface area contributed by atoms with Crippen LogP contribution in [0.2, 0.25) is 0 Å². The van der Waals surface area contributed by atoms with Crippen molar-refractivity contribution in [2.45, 2.75) is 45.7 Å². The number of benzene rings is 3. The van der Waals surface area contributed by atoms with E-state index in [1.807, 2.05) is 49.4 Å². The third kappa shape index (κ3) is 5.65. The molecule has 3 aromatic carbocycles. The van der Waals surface area contributed by atoms with Crippen molar-refractivity contribution < 1.29 is 14.3 Å². The normalized spacial score (nSPS) is 12.4. The van der Waals surface area contributed by atoms with Crippen LogP contribution in [0.15, 0.2) is 72.8 Å². The molecule has 1 amide bonds. The zero-order valence-corrected chi connectivity index (χ0v) is 21.0. The van der Waals surface area contributed by atoms with Crippen LogP contribution >= 0.6 is 0 Å². The van der Waals surface area contributed by atoms with Gasteiger partial charge in [0.2, 0.25) is 0 Å². The van der Waals surface area contributed by atoms with Crippen LogP contribution in [0.5, 0.6) is 11.5 Å². The maximum atomic E-state index is 12.9. The van der Waals surface area contributed by atoms with E-state index in [2.05, 4.69) is 42.8 Å². The predicted molar refractivity (Wildman–Crippen MR) is 139 cm³/mol. The lowest BCUT2D eigenvalue weighted by molar-refractivity contribution is 0.0937. The maximum absolute atomic E-state index is 12.9. The number of aromatic nitrogens is 2. The Balaban J connectivity index is 1.50. The Morgan fingerprint density at radius 1 is 1.00 bits per heavy atom. The van der Waals surface area contributed by atoms with Gasteiger partial charge in [0.1, 0.15) is 23.9 Å². The Labute approximate surface area is 206 Å². The monoisotopic (exact) mass is 471 g/mol. The highest BCUT2D eigenvalue weighted by molar-refractivity contribution is 5.94. The van der Waals surface area contributed by atoms with E-state index < -0.39 is 0 Å². The first kappa shape index (κ1) is 24.3. The quantitative estimate of drug-likeness (QED) is 0.347. The average Bonchev–Trinajstić information content (AvgIpc) is 3.22. The average molecular weight is 472 g/mol. The van der Waals surface area contributed by atoms with Gasteiger partial charge < -0.3 is 19.4 Å². The number of fused-ring (bicyclic) bond motifs is 1. The van der Waals surface area contributed by atoms with Crippen LogP contribution < -0.4 is 14.8 Å². The fourth-order valence-corrected chi connectivity index (χ4v) is 4.07. The number of carbonyl (C=O) groups is 1. The third-order valence-electron chi connectivity index (χ3n) is 6.05. The first-order chi connectivity index (χ1) is 16.8. The van der Waals surface area contributed by atoms with E-state index >= 15 is 0 Å². The molecular weight excluding hydrogens is 438 g/mol. The fourth-order valence-electron chi connectivity index (χ4n) is 4.07. The topological polar surface area (TPSA) is 65.4 Å². The van der Waals surface area contributed by atoms with Gasteiger partial charge in [0.05, 0.1) is 30.7 Å². The van der Waals surface area contributed by atoms with E-state index in [0.29, 0.717) is 24.5 Å². The number of nitrogens with one attached hydrogen (secondary N) is 1. The summed E-state index contributed by atoms with van der Waals surface area (Å²) in [6.07, 6.45) is 0. The molecule has 0 saturated carbocycles. The zero-order valence-electron chi connectivity index (χ0n) is 21.0. The van der Waals surface area contributed by atoms with Gasteiger partial charge in [-0.05, 0) is 60.4 Å². The number of para-hydroxylation sites is 2. The van der Waals surface area contributed by atoms with Crippen LogP contribution in [-0.4, -0.2) is 29.2 Å². The summed E-state index contributed by atoms with van der Waals surface area (Å²) in [5.74, 6) is 2.09. The second-order valence-electron chi connectivity index (χ2n) is 9.66. The lowest BCUT2D eigenvalue weighted by Crippen LogP contribution is -2.29. The van der Waals surface area contributed by atoms with E-state index in [-0.39, 0.29) is 17.4 Å². The molecule has 0 bridgehead atoms. The van der Waals surface area contributed by atoms with Gasteiger partial charge in [0.25, 0.3) is 5.91 Å². The number of hydrogen-bond donors (Lipinski definition) is 1. The summed E-state index contributed by atoms with van der Waals surface area (Å²) in [7, 11) is 1.59. The molecule has 0 radical (unpaired) electrons. The van der Waals surface area contributed by atoms with Crippen LogP contribution in [-0.2, 0) is 12.0 Å². The Hall–Kier alpha value is -3.80. The van der Waals surface area contributed by atoms with Gasteiger partial charge in [-0.1, -0.05) is 51.1 Å². The fraction of sp³-hybridized carbons (Fsp3) is 0.310. The van der Waals surface area contributed by atoms with Crippen LogP contribution in [0.25, 0.3) is 11.0 Å². The Kier molecular flexibility index (Phi) is 7.10. The summed E-state index contributed by atoms with van der Waals surface area (Å²) in [6, 6.07) is 23.1. The number of nitrogens with zero attached hydrogens (tertiary/aromatic N) is 2. The standard InChI is InChI=1S/C29H33N3O3/c1-20(30-28(33)21-9-8-10-24(19-21)34-5)27-31-25-11-6-7-12-26(25)32(27)17-18-35-23-15-13-22(14-16-23)29(2,3)4/h6-16,19-20H,17-18H2,1-5H3,(H,30,33). The summed E-state index contributed by atoms with van der Waals surface area (Å²) in [5, 5.41) is 3.07. The summed E-state index contributed by atoms with van der Waals surface area (Å²) in [6.45, 7) is 9.63. The summed E-state index contributed by atoms with van der Waals surface area (Å²) < 4.78 is 13.4. The van der Waals surface area contributed by atoms with Gasteiger partial charge in [-0.25, -0.2) is 4.98 Å². The molecule has 1 unspecified atom stereocenters. The van der Waals surface area contributed by atoms with Gasteiger partial charge in [-0.15, -0.1) is 0 Å². The van der Waals surface area contributed by atoms with Crippen molar-refractivity contribution in [3.63, 3.8) is 0 Å². The first-order valence-corrected chi connectivity index (χ1v) is 11.9. The molecule has 0 fully saturated rings. The van der Waals surface area contributed by atoms with Crippen molar-refractivity contribution in [3.05, 3.63) is 89.7 Å². The lowest BCUT2D eigenvalue weighted by atomic mass is 9.87. The number of amides is 1. The molecule has 6 nitrogen and oxygen atoms in total. The molecule has 182 valence electrons. The van der Waals surface area contributed by atoms with E-state index in [4.69, 9.17) is 14.5 Å². The van der Waals surface area contributed by atoms with Crippen molar-refractivity contribution in [1.29, 1.82) is 0 Å². The highest BCUT2D eigenvalue weighted by Gasteiger charge is 2.19. The minimum Gasteiger partial charge on any atom is -0.497 e. The SMILES string of the molecule is COc1cccc(C(=O)NC(C)c2nc3ccccc3n2CCOc2ccc(C(C)(C)C)cc2)c1. The molecule has 4 aromatic rings. The Bertz CT molecular complexity index is 1300. The minimum absolute atomic E-state index is 0.106. The van der Waals surface area contributed by atoms with Gasteiger partial charge in [0, 0.05) is 5.56 Å². The first-order valence-electron chi connectivity index (χ1n) is 11.9. The van der Waals surface area contributed by atoms with E-state index in [1.165, 1.54) is 5.56 Å². The summed E-state index contributed by atoms with van der Waals surface area (Å²) in [4.78, 5) is 17.7. The van der Waals surface area contributed by atoms with E-state index in [9.17, 15) is 4.79 Å². The number of methoxy groups -OCH3 is 1. The highest BCUT2D eigenvalue weighted by Crippen LogP contribution is 2.25. The Morgan fingerprint density at radius 2 is 1.74 bits per heavy atom. The molecule has 0 aliphatic heterocycles. The second kappa shape index (κ2) is 10.2. The van der Waals surface area contributed by atoms with Crippen LogP contribution in [0.4, 0.5) is 0 Å².